The fraction of sp³-hybridized carbons (Fsp3) is 0.316. The number of phenolic OH excluding ortho intramolecular Hbond substituents is 1. The SMILES string of the molecule is CC(C(=O)Nc1ccc(F)c(F)c1)N1CCN(c2ccc(O)cc2)CC1. The molecule has 26 heavy (non-hydrogen) atoms. The lowest BCUT2D eigenvalue weighted by molar-refractivity contribution is -0.120. The Morgan fingerprint density at radius 3 is 2.31 bits per heavy atom. The maximum Gasteiger partial charge on any atom is 0.241 e. The van der Waals surface area contributed by atoms with Gasteiger partial charge in [-0.3, -0.25) is 9.69 Å². The van der Waals surface area contributed by atoms with E-state index in [-0.39, 0.29) is 23.4 Å². The summed E-state index contributed by atoms with van der Waals surface area (Å²) in [6, 6.07) is 9.96. The Balaban J connectivity index is 1.55. The van der Waals surface area contributed by atoms with Crippen LogP contribution in [-0.4, -0.2) is 48.1 Å². The molecule has 1 aliphatic heterocycles. The number of hydrogen-bond acceptors (Lipinski definition) is 4. The van der Waals surface area contributed by atoms with Gasteiger partial charge in [0.05, 0.1) is 6.04 Å². The monoisotopic (exact) mass is 361 g/mol. The van der Waals surface area contributed by atoms with E-state index in [1.807, 2.05) is 17.0 Å². The van der Waals surface area contributed by atoms with Crippen LogP contribution in [0.1, 0.15) is 6.92 Å². The van der Waals surface area contributed by atoms with Crippen molar-refractivity contribution in [1.82, 2.24) is 4.90 Å². The molecular weight excluding hydrogens is 340 g/mol. The predicted octanol–water partition coefficient (Wildman–Crippen LogP) is 2.82. The molecule has 0 spiro atoms. The number of amides is 1. The number of aromatic hydroxyl groups is 1. The number of rotatable bonds is 4. The zero-order chi connectivity index (χ0) is 18.7. The van der Waals surface area contributed by atoms with Crippen LogP contribution in [0, 0.1) is 11.6 Å². The van der Waals surface area contributed by atoms with Crippen LogP contribution in [0.5, 0.6) is 5.75 Å². The summed E-state index contributed by atoms with van der Waals surface area (Å²) in [6.45, 7) is 4.72. The Morgan fingerprint density at radius 1 is 1.04 bits per heavy atom. The number of halogens is 2. The summed E-state index contributed by atoms with van der Waals surface area (Å²) in [5.74, 6) is -1.96. The summed E-state index contributed by atoms with van der Waals surface area (Å²) in [5.41, 5.74) is 1.27. The molecule has 7 heteroatoms. The van der Waals surface area contributed by atoms with Gasteiger partial charge < -0.3 is 15.3 Å². The Kier molecular flexibility index (Phi) is 5.37. The molecule has 1 aliphatic rings. The highest BCUT2D eigenvalue weighted by Gasteiger charge is 2.26. The number of nitrogens with zero attached hydrogens (tertiary/aromatic N) is 2. The van der Waals surface area contributed by atoms with Gasteiger partial charge in [-0.1, -0.05) is 0 Å². The number of anilines is 2. The molecular formula is C19H21F2N3O2. The molecule has 1 fully saturated rings. The zero-order valence-corrected chi connectivity index (χ0v) is 14.5. The first-order valence-corrected chi connectivity index (χ1v) is 8.48. The summed E-state index contributed by atoms with van der Waals surface area (Å²) in [6.07, 6.45) is 0. The summed E-state index contributed by atoms with van der Waals surface area (Å²) in [7, 11) is 0. The van der Waals surface area contributed by atoms with E-state index in [2.05, 4.69) is 10.2 Å². The third-order valence-electron chi connectivity index (χ3n) is 4.64. The molecule has 2 aromatic carbocycles. The quantitative estimate of drug-likeness (QED) is 0.879. The van der Waals surface area contributed by atoms with E-state index in [0.717, 1.165) is 30.9 Å². The molecule has 5 nitrogen and oxygen atoms in total. The van der Waals surface area contributed by atoms with Crippen molar-refractivity contribution >= 4 is 17.3 Å². The van der Waals surface area contributed by atoms with Crippen LogP contribution >= 0.6 is 0 Å². The third kappa shape index (κ3) is 4.11. The van der Waals surface area contributed by atoms with Crippen LogP contribution in [-0.2, 0) is 4.79 Å². The van der Waals surface area contributed by atoms with Gasteiger partial charge in [-0.25, -0.2) is 8.78 Å². The molecule has 3 rings (SSSR count). The maximum atomic E-state index is 13.3. The van der Waals surface area contributed by atoms with E-state index < -0.39 is 11.6 Å². The second-order valence-corrected chi connectivity index (χ2v) is 6.33. The number of benzene rings is 2. The van der Waals surface area contributed by atoms with Gasteiger partial charge in [-0.05, 0) is 43.3 Å². The molecule has 138 valence electrons. The average molecular weight is 361 g/mol. The molecule has 1 amide bonds. The lowest BCUT2D eigenvalue weighted by Crippen LogP contribution is -2.52. The van der Waals surface area contributed by atoms with Gasteiger partial charge in [-0.2, -0.15) is 0 Å². The Morgan fingerprint density at radius 2 is 1.69 bits per heavy atom. The zero-order valence-electron chi connectivity index (χ0n) is 14.5. The fourth-order valence-electron chi connectivity index (χ4n) is 3.02. The summed E-state index contributed by atoms with van der Waals surface area (Å²) in [4.78, 5) is 16.6. The molecule has 1 atom stereocenters. The second-order valence-electron chi connectivity index (χ2n) is 6.33. The highest BCUT2D eigenvalue weighted by Crippen LogP contribution is 2.21. The van der Waals surface area contributed by atoms with Gasteiger partial charge in [0.1, 0.15) is 5.75 Å². The van der Waals surface area contributed by atoms with Crippen molar-refractivity contribution in [2.45, 2.75) is 13.0 Å². The van der Waals surface area contributed by atoms with Gasteiger partial charge in [-0.15, -0.1) is 0 Å². The minimum absolute atomic E-state index is 0.231. The standard InChI is InChI=1S/C19H21F2N3O2/c1-13(19(26)22-14-2-7-17(20)18(21)12-14)23-8-10-24(11-9-23)15-3-5-16(25)6-4-15/h2-7,12-13,25H,8-11H2,1H3,(H,22,26). The topological polar surface area (TPSA) is 55.8 Å². The van der Waals surface area contributed by atoms with Crippen molar-refractivity contribution in [3.8, 4) is 5.75 Å². The van der Waals surface area contributed by atoms with E-state index in [4.69, 9.17) is 0 Å². The molecule has 1 unspecified atom stereocenters. The van der Waals surface area contributed by atoms with Crippen LogP contribution in [0.4, 0.5) is 20.2 Å². The van der Waals surface area contributed by atoms with Crippen LogP contribution < -0.4 is 10.2 Å². The Labute approximate surface area is 150 Å². The molecule has 0 bridgehead atoms. The highest BCUT2D eigenvalue weighted by atomic mass is 19.2. The van der Waals surface area contributed by atoms with Crippen LogP contribution in [0.15, 0.2) is 42.5 Å². The minimum atomic E-state index is -0.988. The average Bonchev–Trinajstić information content (AvgIpc) is 2.65. The van der Waals surface area contributed by atoms with Gasteiger partial charge in [0.2, 0.25) is 5.91 Å². The molecule has 0 radical (unpaired) electrons. The number of piperazine rings is 1. The van der Waals surface area contributed by atoms with Gasteiger partial charge >= 0.3 is 0 Å². The number of hydrogen-bond donors (Lipinski definition) is 2. The smallest absolute Gasteiger partial charge is 0.241 e. The molecule has 0 aliphatic carbocycles. The van der Waals surface area contributed by atoms with Crippen LogP contribution in [0.25, 0.3) is 0 Å². The molecule has 2 N–H and O–H groups in total. The number of nitrogens with one attached hydrogen (secondary N) is 1. The van der Waals surface area contributed by atoms with Crippen LogP contribution in [0.3, 0.4) is 0 Å². The normalized spacial score (nSPS) is 16.3. The van der Waals surface area contributed by atoms with Gasteiger partial charge in [0.25, 0.3) is 0 Å². The van der Waals surface area contributed by atoms with Crippen molar-refractivity contribution < 1.29 is 18.7 Å². The van der Waals surface area contributed by atoms with Crippen molar-refractivity contribution in [3.63, 3.8) is 0 Å². The van der Waals surface area contributed by atoms with Crippen LogP contribution in [0.2, 0.25) is 0 Å². The van der Waals surface area contributed by atoms with E-state index in [1.165, 1.54) is 6.07 Å². The lowest BCUT2D eigenvalue weighted by Gasteiger charge is -2.38. The first kappa shape index (κ1) is 18.1. The first-order valence-electron chi connectivity index (χ1n) is 8.48. The van der Waals surface area contributed by atoms with Crippen molar-refractivity contribution in [2.24, 2.45) is 0 Å². The molecule has 1 heterocycles. The van der Waals surface area contributed by atoms with Crippen molar-refractivity contribution in [3.05, 3.63) is 54.1 Å². The van der Waals surface area contributed by atoms with E-state index in [9.17, 15) is 18.7 Å². The number of phenols is 1. The molecule has 1 saturated heterocycles. The highest BCUT2D eigenvalue weighted by molar-refractivity contribution is 5.94. The summed E-state index contributed by atoms with van der Waals surface area (Å²) in [5, 5.41) is 12.0. The van der Waals surface area contributed by atoms with Gasteiger partial charge in [0, 0.05) is 43.6 Å². The van der Waals surface area contributed by atoms with E-state index in [1.54, 1.807) is 19.1 Å². The summed E-state index contributed by atoms with van der Waals surface area (Å²) >= 11 is 0. The maximum absolute atomic E-state index is 13.3. The second kappa shape index (κ2) is 7.70. The van der Waals surface area contributed by atoms with Gasteiger partial charge in [0.15, 0.2) is 11.6 Å². The first-order chi connectivity index (χ1) is 12.4. The minimum Gasteiger partial charge on any atom is -0.508 e. The third-order valence-corrected chi connectivity index (χ3v) is 4.64. The number of carbonyl (C=O) groups is 1. The predicted molar refractivity (Wildman–Crippen MR) is 96.3 cm³/mol. The molecule has 0 saturated carbocycles. The molecule has 2 aromatic rings. The summed E-state index contributed by atoms with van der Waals surface area (Å²) < 4.78 is 26.2. The Bertz CT molecular complexity index is 775. The largest absolute Gasteiger partial charge is 0.508 e. The van der Waals surface area contributed by atoms with Crippen molar-refractivity contribution in [1.29, 1.82) is 0 Å². The number of carbonyl (C=O) groups excluding carboxylic acids is 1. The molecule has 0 aromatic heterocycles. The van der Waals surface area contributed by atoms with E-state index in [0.29, 0.717) is 13.1 Å². The van der Waals surface area contributed by atoms with Crippen molar-refractivity contribution in [2.75, 3.05) is 36.4 Å². The Hall–Kier alpha value is -2.67. The fourth-order valence-corrected chi connectivity index (χ4v) is 3.02. The van der Waals surface area contributed by atoms with E-state index >= 15 is 0 Å². The lowest BCUT2D eigenvalue weighted by atomic mass is 10.2.